The van der Waals surface area contributed by atoms with Gasteiger partial charge in [-0.25, -0.2) is 4.98 Å². The Morgan fingerprint density at radius 2 is 2.50 bits per heavy atom. The van der Waals surface area contributed by atoms with Crippen LogP contribution in [-0.2, 0) is 11.3 Å². The van der Waals surface area contributed by atoms with Crippen molar-refractivity contribution in [2.45, 2.75) is 26.4 Å². The summed E-state index contributed by atoms with van der Waals surface area (Å²) in [6.07, 6.45) is 0. The van der Waals surface area contributed by atoms with Gasteiger partial charge in [0.25, 0.3) is 5.91 Å². The quantitative estimate of drug-likeness (QED) is 0.773. The Bertz CT molecular complexity index is 341. The van der Waals surface area contributed by atoms with Gasteiger partial charge in [0, 0.05) is 24.6 Å². The molecule has 1 amide bonds. The van der Waals surface area contributed by atoms with E-state index in [2.05, 4.69) is 10.3 Å². The molecule has 0 fully saturated rings. The second-order valence-electron chi connectivity index (χ2n) is 3.36. The number of nitrogens with one attached hydrogen (secondary N) is 1. The lowest BCUT2D eigenvalue weighted by Gasteiger charge is -2.12. The zero-order chi connectivity index (χ0) is 12.0. The van der Waals surface area contributed by atoms with Gasteiger partial charge in [-0.15, -0.1) is 11.3 Å². The van der Waals surface area contributed by atoms with Gasteiger partial charge < -0.3 is 15.8 Å². The molecule has 5 nitrogen and oxygen atoms in total. The molecule has 1 aromatic rings. The average Bonchev–Trinajstić information content (AvgIpc) is 2.74. The first-order valence-electron chi connectivity index (χ1n) is 5.20. The highest BCUT2D eigenvalue weighted by Crippen LogP contribution is 2.08. The van der Waals surface area contributed by atoms with Gasteiger partial charge in [0.15, 0.2) is 0 Å². The van der Waals surface area contributed by atoms with Gasteiger partial charge in [0.1, 0.15) is 10.7 Å². The number of carbonyl (C=O) groups excluding carboxylic acids is 1. The third kappa shape index (κ3) is 3.88. The first-order chi connectivity index (χ1) is 7.67. The molecule has 0 aromatic carbocycles. The lowest BCUT2D eigenvalue weighted by Crippen LogP contribution is -2.36. The van der Waals surface area contributed by atoms with E-state index in [-0.39, 0.29) is 11.9 Å². The summed E-state index contributed by atoms with van der Waals surface area (Å²) in [5, 5.41) is 5.29. The van der Waals surface area contributed by atoms with Gasteiger partial charge in [-0.05, 0) is 13.8 Å². The fourth-order valence-corrected chi connectivity index (χ4v) is 1.80. The van der Waals surface area contributed by atoms with Crippen LogP contribution < -0.4 is 11.1 Å². The number of nitrogens with zero attached hydrogens (tertiary/aromatic N) is 1. The second kappa shape index (κ2) is 6.57. The Hall–Kier alpha value is -0.980. The Morgan fingerprint density at radius 1 is 1.75 bits per heavy atom. The highest BCUT2D eigenvalue weighted by atomic mass is 32.1. The molecule has 0 aliphatic heterocycles. The van der Waals surface area contributed by atoms with E-state index in [1.807, 2.05) is 13.8 Å². The highest BCUT2D eigenvalue weighted by molar-refractivity contribution is 7.09. The van der Waals surface area contributed by atoms with Crippen LogP contribution in [0, 0.1) is 0 Å². The monoisotopic (exact) mass is 243 g/mol. The third-order valence-electron chi connectivity index (χ3n) is 1.91. The first-order valence-corrected chi connectivity index (χ1v) is 6.08. The third-order valence-corrected chi connectivity index (χ3v) is 2.78. The number of nitrogens with two attached hydrogens (primary N) is 1. The number of hydrogen-bond donors (Lipinski definition) is 2. The summed E-state index contributed by atoms with van der Waals surface area (Å²) in [6.45, 7) is 5.34. The summed E-state index contributed by atoms with van der Waals surface area (Å²) in [6, 6.07) is -0.0181. The van der Waals surface area contributed by atoms with Crippen molar-refractivity contribution in [1.29, 1.82) is 0 Å². The maximum absolute atomic E-state index is 11.7. The minimum Gasteiger partial charge on any atom is -0.380 e. The first kappa shape index (κ1) is 13.1. The topological polar surface area (TPSA) is 77.2 Å². The Morgan fingerprint density at radius 3 is 3.06 bits per heavy atom. The van der Waals surface area contributed by atoms with E-state index in [0.29, 0.717) is 25.5 Å². The molecule has 3 N–H and O–H groups in total. The number of rotatable bonds is 6. The normalized spacial score (nSPS) is 12.4. The molecule has 0 aliphatic carbocycles. The Balaban J connectivity index is 2.45. The molecule has 90 valence electrons. The molecule has 0 radical (unpaired) electrons. The molecule has 0 saturated heterocycles. The second-order valence-corrected chi connectivity index (χ2v) is 4.31. The van der Waals surface area contributed by atoms with Crippen molar-refractivity contribution in [2.75, 3.05) is 13.2 Å². The van der Waals surface area contributed by atoms with Crippen LogP contribution in [0.25, 0.3) is 0 Å². The van der Waals surface area contributed by atoms with E-state index in [0.717, 1.165) is 5.01 Å². The zero-order valence-corrected chi connectivity index (χ0v) is 10.3. The maximum Gasteiger partial charge on any atom is 0.271 e. The predicted molar refractivity (Wildman–Crippen MR) is 63.4 cm³/mol. The van der Waals surface area contributed by atoms with Crippen LogP contribution in [0.2, 0.25) is 0 Å². The number of amides is 1. The summed E-state index contributed by atoms with van der Waals surface area (Å²) in [4.78, 5) is 15.8. The minimum absolute atomic E-state index is 0.0181. The SMILES string of the molecule is CCOCC(C)NC(=O)c1csc(CN)n1. The van der Waals surface area contributed by atoms with E-state index in [1.165, 1.54) is 11.3 Å². The van der Waals surface area contributed by atoms with E-state index in [4.69, 9.17) is 10.5 Å². The van der Waals surface area contributed by atoms with Crippen molar-refractivity contribution in [1.82, 2.24) is 10.3 Å². The molecule has 1 unspecified atom stereocenters. The fraction of sp³-hybridized carbons (Fsp3) is 0.600. The molecule has 1 heterocycles. The van der Waals surface area contributed by atoms with Crippen molar-refractivity contribution in [3.8, 4) is 0 Å². The number of carbonyl (C=O) groups is 1. The van der Waals surface area contributed by atoms with Crippen LogP contribution in [0.4, 0.5) is 0 Å². The van der Waals surface area contributed by atoms with Crippen LogP contribution in [0.15, 0.2) is 5.38 Å². The molecule has 0 saturated carbocycles. The Kier molecular flexibility index (Phi) is 5.37. The van der Waals surface area contributed by atoms with E-state index >= 15 is 0 Å². The van der Waals surface area contributed by atoms with Crippen LogP contribution >= 0.6 is 11.3 Å². The number of ether oxygens (including phenoxy) is 1. The number of thiazole rings is 1. The summed E-state index contributed by atoms with van der Waals surface area (Å²) >= 11 is 1.39. The minimum atomic E-state index is -0.178. The molecule has 0 bridgehead atoms. The average molecular weight is 243 g/mol. The summed E-state index contributed by atoms with van der Waals surface area (Å²) < 4.78 is 5.21. The molecular weight excluding hydrogens is 226 g/mol. The van der Waals surface area contributed by atoms with Gasteiger partial charge in [0.2, 0.25) is 0 Å². The Labute approximate surface area is 99.0 Å². The lowest BCUT2D eigenvalue weighted by atomic mass is 10.3. The lowest BCUT2D eigenvalue weighted by molar-refractivity contribution is 0.0868. The van der Waals surface area contributed by atoms with Gasteiger partial charge in [-0.1, -0.05) is 0 Å². The van der Waals surface area contributed by atoms with Crippen LogP contribution in [0.3, 0.4) is 0 Å². The smallest absolute Gasteiger partial charge is 0.271 e. The molecule has 0 spiro atoms. The van der Waals surface area contributed by atoms with Gasteiger partial charge >= 0.3 is 0 Å². The van der Waals surface area contributed by atoms with Crippen molar-refractivity contribution < 1.29 is 9.53 Å². The van der Waals surface area contributed by atoms with E-state index in [1.54, 1.807) is 5.38 Å². The predicted octanol–water partition coefficient (Wildman–Crippen LogP) is 0.757. The van der Waals surface area contributed by atoms with Crippen molar-refractivity contribution in [3.63, 3.8) is 0 Å². The largest absolute Gasteiger partial charge is 0.380 e. The number of aromatic nitrogens is 1. The molecule has 1 rings (SSSR count). The molecule has 16 heavy (non-hydrogen) atoms. The van der Waals surface area contributed by atoms with Crippen LogP contribution in [0.1, 0.15) is 29.3 Å². The summed E-state index contributed by atoms with van der Waals surface area (Å²) in [5.74, 6) is -0.178. The molecular formula is C10H17N3O2S. The zero-order valence-electron chi connectivity index (χ0n) is 9.53. The van der Waals surface area contributed by atoms with Crippen molar-refractivity contribution in [2.24, 2.45) is 5.73 Å². The maximum atomic E-state index is 11.7. The molecule has 1 atom stereocenters. The van der Waals surface area contributed by atoms with Gasteiger partial charge in [-0.3, -0.25) is 4.79 Å². The standard InChI is InChI=1S/C10H17N3O2S/c1-3-15-5-7(2)12-10(14)8-6-16-9(4-11)13-8/h6-7H,3-5,11H2,1-2H3,(H,12,14). The highest BCUT2D eigenvalue weighted by Gasteiger charge is 2.12. The van der Waals surface area contributed by atoms with Crippen molar-refractivity contribution in [3.05, 3.63) is 16.1 Å². The van der Waals surface area contributed by atoms with Gasteiger partial charge in [-0.2, -0.15) is 0 Å². The fourth-order valence-electron chi connectivity index (χ4n) is 1.14. The number of hydrogen-bond acceptors (Lipinski definition) is 5. The summed E-state index contributed by atoms with van der Waals surface area (Å²) in [5.41, 5.74) is 5.85. The molecule has 1 aromatic heterocycles. The molecule has 0 aliphatic rings. The van der Waals surface area contributed by atoms with E-state index < -0.39 is 0 Å². The van der Waals surface area contributed by atoms with E-state index in [9.17, 15) is 4.79 Å². The van der Waals surface area contributed by atoms with Crippen molar-refractivity contribution >= 4 is 17.2 Å². The van der Waals surface area contributed by atoms with Crippen LogP contribution in [0.5, 0.6) is 0 Å². The van der Waals surface area contributed by atoms with Crippen LogP contribution in [-0.4, -0.2) is 30.1 Å². The van der Waals surface area contributed by atoms with Gasteiger partial charge in [0.05, 0.1) is 6.61 Å². The summed E-state index contributed by atoms with van der Waals surface area (Å²) in [7, 11) is 0. The molecule has 6 heteroatoms.